The van der Waals surface area contributed by atoms with Gasteiger partial charge in [0.25, 0.3) is 5.92 Å². The van der Waals surface area contributed by atoms with Gasteiger partial charge < -0.3 is 9.64 Å². The van der Waals surface area contributed by atoms with Gasteiger partial charge in [0, 0.05) is 38.2 Å². The molecular weight excluding hydrogens is 337 g/mol. The molecule has 1 aliphatic heterocycles. The molecule has 1 aliphatic rings. The van der Waals surface area contributed by atoms with Gasteiger partial charge in [-0.3, -0.25) is 0 Å². The highest BCUT2D eigenvalue weighted by Gasteiger charge is 2.35. The number of rotatable bonds is 4. The van der Waals surface area contributed by atoms with E-state index in [1.807, 2.05) is 0 Å². The average molecular weight is 354 g/mol. The fraction of sp³-hybridized carbons (Fsp3) is 0.438. The number of carbonyl (C=O) groups excluding carboxylic acids is 1. The molecule has 0 bridgehead atoms. The second kappa shape index (κ2) is 6.73. The van der Waals surface area contributed by atoms with Gasteiger partial charge in [0.15, 0.2) is 11.6 Å². The van der Waals surface area contributed by atoms with E-state index in [1.165, 1.54) is 34.2 Å². The molecule has 0 aromatic carbocycles. The molecular formula is C16H17F3N4O2. The number of alkyl halides is 2. The van der Waals surface area contributed by atoms with Gasteiger partial charge in [0.05, 0.1) is 30.3 Å². The van der Waals surface area contributed by atoms with Crippen molar-refractivity contribution in [1.82, 2.24) is 14.8 Å². The number of pyridine rings is 1. The molecule has 1 fully saturated rings. The number of halogens is 3. The van der Waals surface area contributed by atoms with Gasteiger partial charge in [-0.2, -0.15) is 5.10 Å². The lowest BCUT2D eigenvalue weighted by Gasteiger charge is -2.32. The normalized spacial score (nSPS) is 16.7. The average Bonchev–Trinajstić information content (AvgIpc) is 3.06. The minimum atomic E-state index is -2.70. The number of nitrogens with zero attached hydrogens (tertiary/aromatic N) is 4. The van der Waals surface area contributed by atoms with Crippen LogP contribution >= 0.6 is 0 Å². The van der Waals surface area contributed by atoms with E-state index in [1.54, 1.807) is 6.92 Å². The maximum absolute atomic E-state index is 14.4. The van der Waals surface area contributed by atoms with Crippen LogP contribution in [0.2, 0.25) is 0 Å². The summed E-state index contributed by atoms with van der Waals surface area (Å²) in [4.78, 5) is 17.2. The Balaban J connectivity index is 1.77. The predicted octanol–water partition coefficient (Wildman–Crippen LogP) is 2.82. The molecule has 3 rings (SSSR count). The third-order valence-corrected chi connectivity index (χ3v) is 3.96. The second-order valence-corrected chi connectivity index (χ2v) is 5.74. The van der Waals surface area contributed by atoms with Crippen molar-refractivity contribution in [3.8, 4) is 5.69 Å². The molecule has 0 spiro atoms. The summed E-state index contributed by atoms with van der Waals surface area (Å²) in [6, 6.07) is 1.21. The van der Waals surface area contributed by atoms with Crippen molar-refractivity contribution in [2.24, 2.45) is 0 Å². The predicted molar refractivity (Wildman–Crippen MR) is 83.7 cm³/mol. The summed E-state index contributed by atoms with van der Waals surface area (Å²) in [6.07, 6.45) is 3.47. The maximum atomic E-state index is 14.4. The molecule has 0 aliphatic carbocycles. The van der Waals surface area contributed by atoms with E-state index in [0.717, 1.165) is 0 Å². The zero-order chi connectivity index (χ0) is 18.0. The molecule has 2 aromatic rings. The minimum absolute atomic E-state index is 0.0389. The van der Waals surface area contributed by atoms with Gasteiger partial charge in [-0.15, -0.1) is 0 Å². The van der Waals surface area contributed by atoms with Gasteiger partial charge in [0.2, 0.25) is 0 Å². The van der Waals surface area contributed by atoms with Crippen molar-refractivity contribution >= 4 is 11.8 Å². The highest BCUT2D eigenvalue weighted by atomic mass is 19.3. The van der Waals surface area contributed by atoms with E-state index in [9.17, 15) is 18.0 Å². The van der Waals surface area contributed by atoms with Crippen LogP contribution in [0.4, 0.5) is 19.0 Å². The van der Waals surface area contributed by atoms with E-state index in [-0.39, 0.29) is 43.9 Å². The summed E-state index contributed by atoms with van der Waals surface area (Å²) >= 11 is 0. The summed E-state index contributed by atoms with van der Waals surface area (Å²) in [5.74, 6) is -3.81. The van der Waals surface area contributed by atoms with Crippen molar-refractivity contribution in [3.05, 3.63) is 36.0 Å². The first-order valence-electron chi connectivity index (χ1n) is 7.90. The van der Waals surface area contributed by atoms with E-state index >= 15 is 0 Å². The van der Waals surface area contributed by atoms with Crippen molar-refractivity contribution in [1.29, 1.82) is 0 Å². The number of piperidine rings is 1. The summed E-state index contributed by atoms with van der Waals surface area (Å²) in [6.45, 7) is 2.02. The number of carbonyl (C=O) groups is 1. The fourth-order valence-electron chi connectivity index (χ4n) is 2.61. The molecule has 1 saturated heterocycles. The van der Waals surface area contributed by atoms with Gasteiger partial charge in [0.1, 0.15) is 0 Å². The zero-order valence-corrected chi connectivity index (χ0v) is 13.6. The highest BCUT2D eigenvalue weighted by Crippen LogP contribution is 2.31. The number of hydrogen-bond acceptors (Lipinski definition) is 5. The van der Waals surface area contributed by atoms with E-state index < -0.39 is 17.7 Å². The molecule has 0 unspecified atom stereocenters. The second-order valence-electron chi connectivity index (χ2n) is 5.74. The van der Waals surface area contributed by atoms with Crippen LogP contribution in [0.5, 0.6) is 0 Å². The quantitative estimate of drug-likeness (QED) is 0.790. The monoisotopic (exact) mass is 354 g/mol. The first kappa shape index (κ1) is 17.2. The molecule has 134 valence electrons. The fourth-order valence-corrected chi connectivity index (χ4v) is 2.61. The minimum Gasteiger partial charge on any atom is -0.462 e. The van der Waals surface area contributed by atoms with Gasteiger partial charge in [-0.05, 0) is 6.92 Å². The number of esters is 1. The standard InChI is InChI=1S/C16H17F3N4O2/c1-2-25-15(24)11-8-21-23(10-11)12-7-13(17)14(20-9-12)22-5-3-16(18,19)4-6-22/h7-10H,2-6H2,1H3. The van der Waals surface area contributed by atoms with Crippen molar-refractivity contribution < 1.29 is 22.7 Å². The number of aromatic nitrogens is 3. The molecule has 0 N–H and O–H groups in total. The topological polar surface area (TPSA) is 60.2 Å². The van der Waals surface area contributed by atoms with Crippen LogP contribution in [0.3, 0.4) is 0 Å². The molecule has 2 aromatic heterocycles. The van der Waals surface area contributed by atoms with Gasteiger partial charge >= 0.3 is 5.97 Å². The van der Waals surface area contributed by atoms with Crippen LogP contribution in [-0.4, -0.2) is 46.4 Å². The SMILES string of the molecule is CCOC(=O)c1cnn(-c2cnc(N3CCC(F)(F)CC3)c(F)c2)c1. The Labute approximate surface area is 142 Å². The molecule has 0 amide bonds. The molecule has 3 heterocycles. The summed E-state index contributed by atoms with van der Waals surface area (Å²) in [5.41, 5.74) is 0.559. The number of anilines is 1. The third-order valence-electron chi connectivity index (χ3n) is 3.96. The van der Waals surface area contributed by atoms with Gasteiger partial charge in [-0.25, -0.2) is 27.6 Å². The van der Waals surface area contributed by atoms with Gasteiger partial charge in [-0.1, -0.05) is 0 Å². The summed E-state index contributed by atoms with van der Waals surface area (Å²) in [7, 11) is 0. The van der Waals surface area contributed by atoms with Crippen LogP contribution in [0.15, 0.2) is 24.7 Å². The highest BCUT2D eigenvalue weighted by molar-refractivity contribution is 5.88. The molecule has 9 heteroatoms. The summed E-state index contributed by atoms with van der Waals surface area (Å²) < 4.78 is 47.0. The summed E-state index contributed by atoms with van der Waals surface area (Å²) in [5, 5.41) is 3.99. The Bertz CT molecular complexity index is 768. The van der Waals surface area contributed by atoms with Crippen LogP contribution in [0.25, 0.3) is 5.69 Å². The Morgan fingerprint density at radius 1 is 1.32 bits per heavy atom. The van der Waals surface area contributed by atoms with Crippen LogP contribution in [-0.2, 0) is 4.74 Å². The Kier molecular flexibility index (Phi) is 4.65. The number of ether oxygens (including phenoxy) is 1. The zero-order valence-electron chi connectivity index (χ0n) is 13.6. The molecule has 0 atom stereocenters. The molecule has 0 radical (unpaired) electrons. The molecule has 0 saturated carbocycles. The number of hydrogen-bond donors (Lipinski definition) is 0. The van der Waals surface area contributed by atoms with Crippen LogP contribution in [0.1, 0.15) is 30.1 Å². The Morgan fingerprint density at radius 2 is 2.04 bits per heavy atom. The molecule has 25 heavy (non-hydrogen) atoms. The Hall–Kier alpha value is -2.58. The van der Waals surface area contributed by atoms with E-state index in [4.69, 9.17) is 4.74 Å². The van der Waals surface area contributed by atoms with Crippen LogP contribution in [0, 0.1) is 5.82 Å². The van der Waals surface area contributed by atoms with Crippen molar-refractivity contribution in [2.45, 2.75) is 25.7 Å². The first-order chi connectivity index (χ1) is 11.9. The van der Waals surface area contributed by atoms with Crippen molar-refractivity contribution in [3.63, 3.8) is 0 Å². The van der Waals surface area contributed by atoms with Crippen LogP contribution < -0.4 is 4.90 Å². The first-order valence-corrected chi connectivity index (χ1v) is 7.90. The lowest BCUT2D eigenvalue weighted by molar-refractivity contribution is -0.0222. The smallest absolute Gasteiger partial charge is 0.341 e. The maximum Gasteiger partial charge on any atom is 0.341 e. The lowest BCUT2D eigenvalue weighted by Crippen LogP contribution is -2.40. The largest absolute Gasteiger partial charge is 0.462 e. The van der Waals surface area contributed by atoms with Crippen molar-refractivity contribution in [2.75, 3.05) is 24.6 Å². The van der Waals surface area contributed by atoms with E-state index in [2.05, 4.69) is 10.1 Å². The van der Waals surface area contributed by atoms with E-state index in [0.29, 0.717) is 5.69 Å². The lowest BCUT2D eigenvalue weighted by atomic mass is 10.1. The molecule has 6 nitrogen and oxygen atoms in total. The Morgan fingerprint density at radius 3 is 2.68 bits per heavy atom. The third kappa shape index (κ3) is 3.75.